The minimum Gasteiger partial charge on any atom is -0.494 e. The second-order valence-corrected chi connectivity index (χ2v) is 5.41. The highest BCUT2D eigenvalue weighted by Crippen LogP contribution is 2.33. The zero-order valence-electron chi connectivity index (χ0n) is 12.1. The smallest absolute Gasteiger partial charge is 0.237 e. The topological polar surface area (TPSA) is 73.6 Å². The molecular formula is C15H20N2O3S. The van der Waals surface area contributed by atoms with E-state index in [0.717, 1.165) is 0 Å². The van der Waals surface area contributed by atoms with Gasteiger partial charge in [-0.1, -0.05) is 18.3 Å². The van der Waals surface area contributed by atoms with E-state index in [4.69, 9.17) is 27.4 Å². The summed E-state index contributed by atoms with van der Waals surface area (Å²) in [5, 5.41) is 2.89. The number of rotatable bonds is 5. The van der Waals surface area contributed by atoms with Crippen molar-refractivity contribution in [3.63, 3.8) is 0 Å². The molecule has 21 heavy (non-hydrogen) atoms. The van der Waals surface area contributed by atoms with E-state index in [9.17, 15) is 4.79 Å². The highest BCUT2D eigenvalue weighted by atomic mass is 32.1. The zero-order chi connectivity index (χ0) is 15.3. The zero-order valence-corrected chi connectivity index (χ0v) is 12.9. The number of nitrogens with two attached hydrogens (primary N) is 1. The average Bonchev–Trinajstić information content (AvgIpc) is 2.48. The van der Waals surface area contributed by atoms with Gasteiger partial charge in [-0.25, -0.2) is 0 Å². The Morgan fingerprint density at radius 3 is 2.81 bits per heavy atom. The molecular weight excluding hydrogens is 288 g/mol. The van der Waals surface area contributed by atoms with Gasteiger partial charge >= 0.3 is 0 Å². The molecule has 1 aromatic carbocycles. The van der Waals surface area contributed by atoms with E-state index in [1.807, 2.05) is 25.1 Å². The number of anilines is 1. The molecule has 0 unspecified atom stereocenters. The molecule has 1 amide bonds. The van der Waals surface area contributed by atoms with Gasteiger partial charge in [-0.2, -0.15) is 0 Å². The second-order valence-electron chi connectivity index (χ2n) is 4.97. The number of hydrogen-bond donors (Lipinski definition) is 2. The second kappa shape index (κ2) is 6.87. The van der Waals surface area contributed by atoms with Crippen LogP contribution in [-0.4, -0.2) is 30.7 Å². The number of hydrogen-bond acceptors (Lipinski definition) is 4. The summed E-state index contributed by atoms with van der Waals surface area (Å²) >= 11 is 5.12. The van der Waals surface area contributed by atoms with E-state index in [-0.39, 0.29) is 10.9 Å². The van der Waals surface area contributed by atoms with Crippen molar-refractivity contribution in [2.45, 2.75) is 19.8 Å². The third kappa shape index (κ3) is 3.51. The Labute approximate surface area is 129 Å². The molecule has 5 nitrogen and oxygen atoms in total. The molecule has 6 heteroatoms. The Bertz CT molecular complexity index is 527. The molecule has 1 aliphatic heterocycles. The summed E-state index contributed by atoms with van der Waals surface area (Å²) in [5.74, 6) is 0.540. The number of ether oxygens (including phenoxy) is 2. The number of carbonyl (C=O) groups excluding carboxylic acids is 1. The number of nitrogens with one attached hydrogen (secondary N) is 1. The number of amides is 1. The summed E-state index contributed by atoms with van der Waals surface area (Å²) in [6.07, 6.45) is 1.03. The van der Waals surface area contributed by atoms with Crippen LogP contribution in [0.15, 0.2) is 24.3 Å². The van der Waals surface area contributed by atoms with Crippen molar-refractivity contribution in [3.05, 3.63) is 24.3 Å². The van der Waals surface area contributed by atoms with Crippen molar-refractivity contribution in [1.82, 2.24) is 0 Å². The first-order valence-electron chi connectivity index (χ1n) is 7.00. The van der Waals surface area contributed by atoms with E-state index in [2.05, 4.69) is 5.32 Å². The van der Waals surface area contributed by atoms with Crippen molar-refractivity contribution >= 4 is 28.8 Å². The molecule has 1 fully saturated rings. The van der Waals surface area contributed by atoms with Crippen LogP contribution in [0.1, 0.15) is 19.8 Å². The fraction of sp³-hybridized carbons (Fsp3) is 0.467. The maximum absolute atomic E-state index is 12.6. The first-order chi connectivity index (χ1) is 10.1. The maximum Gasteiger partial charge on any atom is 0.237 e. The van der Waals surface area contributed by atoms with Gasteiger partial charge in [0.1, 0.15) is 11.2 Å². The molecule has 0 aliphatic carbocycles. The average molecular weight is 308 g/mol. The molecule has 1 saturated heterocycles. The third-order valence-electron chi connectivity index (χ3n) is 3.66. The molecule has 0 radical (unpaired) electrons. The molecule has 2 rings (SSSR count). The van der Waals surface area contributed by atoms with Crippen molar-refractivity contribution in [2.24, 2.45) is 11.1 Å². The van der Waals surface area contributed by atoms with Gasteiger partial charge in [0.25, 0.3) is 0 Å². The van der Waals surface area contributed by atoms with E-state index in [1.54, 1.807) is 6.07 Å². The van der Waals surface area contributed by atoms with E-state index in [1.165, 1.54) is 0 Å². The normalized spacial score (nSPS) is 17.0. The number of carbonyl (C=O) groups is 1. The highest BCUT2D eigenvalue weighted by molar-refractivity contribution is 7.80. The minimum atomic E-state index is -0.824. The molecule has 0 aromatic heterocycles. The van der Waals surface area contributed by atoms with Gasteiger partial charge in [0.05, 0.1) is 11.6 Å². The van der Waals surface area contributed by atoms with Crippen LogP contribution >= 0.6 is 12.2 Å². The van der Waals surface area contributed by atoms with Crippen LogP contribution in [0.5, 0.6) is 5.75 Å². The van der Waals surface area contributed by atoms with Crippen molar-refractivity contribution in [1.29, 1.82) is 0 Å². The lowest BCUT2D eigenvalue weighted by atomic mass is 9.79. The summed E-state index contributed by atoms with van der Waals surface area (Å²) in [6, 6.07) is 7.27. The first-order valence-corrected chi connectivity index (χ1v) is 7.41. The third-order valence-corrected chi connectivity index (χ3v) is 4.05. The molecule has 1 aliphatic rings. The Hall–Kier alpha value is -1.66. The van der Waals surface area contributed by atoms with Crippen molar-refractivity contribution in [3.8, 4) is 5.75 Å². The molecule has 3 N–H and O–H groups in total. The predicted molar refractivity (Wildman–Crippen MR) is 85.5 cm³/mol. The monoisotopic (exact) mass is 308 g/mol. The van der Waals surface area contributed by atoms with Crippen LogP contribution < -0.4 is 15.8 Å². The maximum atomic E-state index is 12.6. The molecule has 1 aromatic rings. The van der Waals surface area contributed by atoms with Crippen LogP contribution in [0.4, 0.5) is 5.69 Å². The summed E-state index contributed by atoms with van der Waals surface area (Å²) in [5.41, 5.74) is 5.67. The van der Waals surface area contributed by atoms with Crippen LogP contribution in [0.2, 0.25) is 0 Å². The van der Waals surface area contributed by atoms with E-state index in [0.29, 0.717) is 44.1 Å². The lowest BCUT2D eigenvalue weighted by Gasteiger charge is -2.34. The van der Waals surface area contributed by atoms with E-state index < -0.39 is 5.41 Å². The predicted octanol–water partition coefficient (Wildman–Crippen LogP) is 2.11. The van der Waals surface area contributed by atoms with Gasteiger partial charge in [0.2, 0.25) is 5.91 Å². The Balaban J connectivity index is 2.15. The van der Waals surface area contributed by atoms with Gasteiger partial charge < -0.3 is 20.5 Å². The largest absolute Gasteiger partial charge is 0.494 e. The fourth-order valence-electron chi connectivity index (χ4n) is 2.39. The van der Waals surface area contributed by atoms with Gasteiger partial charge in [0.15, 0.2) is 0 Å². The summed E-state index contributed by atoms with van der Waals surface area (Å²) in [7, 11) is 0. The van der Waals surface area contributed by atoms with Crippen molar-refractivity contribution in [2.75, 3.05) is 25.1 Å². The van der Waals surface area contributed by atoms with Gasteiger partial charge in [-0.05, 0) is 31.9 Å². The molecule has 0 bridgehead atoms. The lowest BCUT2D eigenvalue weighted by Crippen LogP contribution is -2.49. The first kappa shape index (κ1) is 15.7. The highest BCUT2D eigenvalue weighted by Gasteiger charge is 2.43. The molecule has 114 valence electrons. The molecule has 0 spiro atoms. The Kier molecular flexibility index (Phi) is 5.14. The van der Waals surface area contributed by atoms with Crippen LogP contribution in [0.3, 0.4) is 0 Å². The van der Waals surface area contributed by atoms with E-state index >= 15 is 0 Å². The number of thiocarbonyl (C=S) groups is 1. The quantitative estimate of drug-likeness (QED) is 0.815. The molecule has 1 heterocycles. The summed E-state index contributed by atoms with van der Waals surface area (Å²) < 4.78 is 10.7. The van der Waals surface area contributed by atoms with Gasteiger partial charge in [0, 0.05) is 25.0 Å². The summed E-state index contributed by atoms with van der Waals surface area (Å²) in [6.45, 7) is 3.47. The molecule has 0 atom stereocenters. The van der Waals surface area contributed by atoms with Gasteiger partial charge in [-0.15, -0.1) is 0 Å². The standard InChI is InChI=1S/C15H20N2O3S/c1-2-20-12-5-3-4-11(10-12)17-14(18)15(13(16)21)6-8-19-9-7-15/h3-5,10H,2,6-9H2,1H3,(H2,16,21)(H,17,18). The fourth-order valence-corrected chi connectivity index (χ4v) is 2.68. The van der Waals surface area contributed by atoms with Crippen molar-refractivity contribution < 1.29 is 14.3 Å². The van der Waals surface area contributed by atoms with Crippen LogP contribution in [-0.2, 0) is 9.53 Å². The number of benzene rings is 1. The Morgan fingerprint density at radius 2 is 2.19 bits per heavy atom. The summed E-state index contributed by atoms with van der Waals surface area (Å²) in [4.78, 5) is 12.9. The molecule has 0 saturated carbocycles. The lowest BCUT2D eigenvalue weighted by molar-refractivity contribution is -0.126. The van der Waals surface area contributed by atoms with Crippen LogP contribution in [0.25, 0.3) is 0 Å². The SMILES string of the molecule is CCOc1cccc(NC(=O)C2(C(N)=S)CCOCC2)c1. The van der Waals surface area contributed by atoms with Gasteiger partial charge in [-0.3, -0.25) is 4.79 Å². The Morgan fingerprint density at radius 1 is 1.48 bits per heavy atom. The van der Waals surface area contributed by atoms with Crippen LogP contribution in [0, 0.1) is 5.41 Å². The minimum absolute atomic E-state index is 0.174.